The Hall–Kier alpha value is -1.67. The minimum absolute atomic E-state index is 0.286. The van der Waals surface area contributed by atoms with Crippen LogP contribution in [0.3, 0.4) is 0 Å². The quantitative estimate of drug-likeness (QED) is 0.619. The van der Waals surface area contributed by atoms with Gasteiger partial charge in [0, 0.05) is 24.3 Å². The molecule has 0 atom stereocenters. The zero-order chi connectivity index (χ0) is 15.7. The van der Waals surface area contributed by atoms with Crippen molar-refractivity contribution in [3.05, 3.63) is 28.3 Å². The summed E-state index contributed by atoms with van der Waals surface area (Å²) >= 11 is 0. The molecule has 0 aromatic heterocycles. The van der Waals surface area contributed by atoms with Crippen LogP contribution < -0.4 is 10.0 Å². The lowest BCUT2D eigenvalue weighted by Crippen LogP contribution is -2.52. The van der Waals surface area contributed by atoms with Gasteiger partial charge in [-0.25, -0.2) is 13.1 Å². The lowest BCUT2D eigenvalue weighted by atomic mass is 9.76. The summed E-state index contributed by atoms with van der Waals surface area (Å²) in [6.07, 6.45) is 3.18. The van der Waals surface area contributed by atoms with Crippen molar-refractivity contribution in [1.82, 2.24) is 4.72 Å². The van der Waals surface area contributed by atoms with Gasteiger partial charge in [0.15, 0.2) is 4.90 Å². The number of sulfonamides is 1. The predicted molar refractivity (Wildman–Crippen MR) is 79.8 cm³/mol. The highest BCUT2D eigenvalue weighted by atomic mass is 32.2. The van der Waals surface area contributed by atoms with Crippen molar-refractivity contribution >= 4 is 21.4 Å². The molecule has 116 valence electrons. The van der Waals surface area contributed by atoms with Crippen LogP contribution in [0.1, 0.15) is 32.6 Å². The van der Waals surface area contributed by atoms with Crippen molar-refractivity contribution in [2.24, 2.45) is 0 Å². The number of nitro groups is 1. The lowest BCUT2D eigenvalue weighted by Gasteiger charge is -2.41. The lowest BCUT2D eigenvalue weighted by molar-refractivity contribution is -0.387. The second kappa shape index (κ2) is 5.61. The highest BCUT2D eigenvalue weighted by Crippen LogP contribution is 2.37. The van der Waals surface area contributed by atoms with Crippen LogP contribution in [0.15, 0.2) is 23.1 Å². The number of nitrogens with one attached hydrogen (secondary N) is 2. The number of hydrogen-bond acceptors (Lipinski definition) is 5. The second-order valence-corrected chi connectivity index (χ2v) is 6.93. The van der Waals surface area contributed by atoms with Gasteiger partial charge in [-0.3, -0.25) is 10.1 Å². The molecule has 0 saturated heterocycles. The van der Waals surface area contributed by atoms with Crippen LogP contribution in [0.2, 0.25) is 0 Å². The third kappa shape index (κ3) is 3.01. The summed E-state index contributed by atoms with van der Waals surface area (Å²) in [5.74, 6) is 0. The maximum Gasteiger partial charge on any atom is 0.291 e. The van der Waals surface area contributed by atoms with E-state index in [0.717, 1.165) is 19.3 Å². The van der Waals surface area contributed by atoms with Gasteiger partial charge in [-0.2, -0.15) is 0 Å². The number of nitrogens with zero attached hydrogens (tertiary/aromatic N) is 1. The van der Waals surface area contributed by atoms with E-state index < -0.39 is 26.2 Å². The first-order chi connectivity index (χ1) is 9.83. The Morgan fingerprint density at radius 3 is 2.48 bits per heavy atom. The molecule has 8 heteroatoms. The average Bonchev–Trinajstić information content (AvgIpc) is 2.42. The molecule has 7 nitrogen and oxygen atoms in total. The van der Waals surface area contributed by atoms with Gasteiger partial charge < -0.3 is 5.32 Å². The van der Waals surface area contributed by atoms with E-state index >= 15 is 0 Å². The molecule has 2 rings (SSSR count). The van der Waals surface area contributed by atoms with E-state index in [-0.39, 0.29) is 4.90 Å². The first-order valence-corrected chi connectivity index (χ1v) is 8.32. The van der Waals surface area contributed by atoms with Crippen LogP contribution in [0.25, 0.3) is 0 Å². The molecule has 0 amide bonds. The first kappa shape index (κ1) is 15.7. The van der Waals surface area contributed by atoms with E-state index in [2.05, 4.69) is 10.0 Å². The Labute approximate surface area is 123 Å². The first-order valence-electron chi connectivity index (χ1n) is 6.84. The molecule has 1 fully saturated rings. The van der Waals surface area contributed by atoms with Gasteiger partial charge in [0.1, 0.15) is 0 Å². The van der Waals surface area contributed by atoms with Crippen LogP contribution in [0.4, 0.5) is 11.4 Å². The van der Waals surface area contributed by atoms with Crippen LogP contribution >= 0.6 is 0 Å². The van der Waals surface area contributed by atoms with Crippen LogP contribution in [-0.2, 0) is 10.0 Å². The van der Waals surface area contributed by atoms with Crippen molar-refractivity contribution < 1.29 is 13.3 Å². The van der Waals surface area contributed by atoms with Gasteiger partial charge in [0.25, 0.3) is 5.69 Å². The van der Waals surface area contributed by atoms with Crippen molar-refractivity contribution in [3.63, 3.8) is 0 Å². The Morgan fingerprint density at radius 1 is 1.38 bits per heavy atom. The minimum atomic E-state index is -3.91. The van der Waals surface area contributed by atoms with Crippen molar-refractivity contribution in [3.8, 4) is 0 Å². The maximum atomic E-state index is 12.5. The van der Waals surface area contributed by atoms with Gasteiger partial charge in [-0.1, -0.05) is 6.92 Å². The topological polar surface area (TPSA) is 101 Å². The fourth-order valence-corrected chi connectivity index (χ4v) is 4.20. The highest BCUT2D eigenvalue weighted by molar-refractivity contribution is 7.89. The summed E-state index contributed by atoms with van der Waals surface area (Å²) in [4.78, 5) is 10.2. The van der Waals surface area contributed by atoms with Gasteiger partial charge in [-0.15, -0.1) is 0 Å². The number of hydrogen-bond donors (Lipinski definition) is 2. The molecule has 0 heterocycles. The molecule has 1 aromatic carbocycles. The molecule has 0 radical (unpaired) electrons. The van der Waals surface area contributed by atoms with E-state index in [0.29, 0.717) is 12.1 Å². The zero-order valence-corrected chi connectivity index (χ0v) is 12.9. The van der Waals surface area contributed by atoms with E-state index in [1.54, 1.807) is 7.05 Å². The number of anilines is 1. The van der Waals surface area contributed by atoms with Gasteiger partial charge in [-0.05, 0) is 37.8 Å². The fraction of sp³-hybridized carbons (Fsp3) is 0.538. The molecule has 2 N–H and O–H groups in total. The minimum Gasteiger partial charge on any atom is -0.388 e. The highest BCUT2D eigenvalue weighted by Gasteiger charge is 2.40. The van der Waals surface area contributed by atoms with Crippen LogP contribution in [0.5, 0.6) is 0 Å². The summed E-state index contributed by atoms with van der Waals surface area (Å²) in [6, 6.07) is 4.02. The Kier molecular flexibility index (Phi) is 4.20. The van der Waals surface area contributed by atoms with E-state index in [9.17, 15) is 18.5 Å². The Balaban J connectivity index is 2.42. The predicted octanol–water partition coefficient (Wildman–Crippen LogP) is 2.25. The summed E-state index contributed by atoms with van der Waals surface area (Å²) in [5, 5.41) is 13.9. The Morgan fingerprint density at radius 2 is 2.05 bits per heavy atom. The fourth-order valence-electron chi connectivity index (χ4n) is 2.51. The summed E-state index contributed by atoms with van der Waals surface area (Å²) < 4.78 is 27.6. The maximum absolute atomic E-state index is 12.5. The largest absolute Gasteiger partial charge is 0.388 e. The average molecular weight is 313 g/mol. The molecule has 1 aromatic rings. The molecule has 1 saturated carbocycles. The summed E-state index contributed by atoms with van der Waals surface area (Å²) in [7, 11) is -2.29. The second-order valence-electron chi connectivity index (χ2n) is 5.28. The smallest absolute Gasteiger partial charge is 0.291 e. The van der Waals surface area contributed by atoms with Crippen LogP contribution in [-0.4, -0.2) is 25.9 Å². The molecule has 0 aliphatic heterocycles. The molecule has 1 aliphatic rings. The molecule has 0 spiro atoms. The van der Waals surface area contributed by atoms with E-state index in [1.165, 1.54) is 18.2 Å². The molecule has 1 aliphatic carbocycles. The number of rotatable bonds is 6. The molecular formula is C13H19N3O4S. The molecule has 21 heavy (non-hydrogen) atoms. The Bertz CT molecular complexity index is 648. The standard InChI is InChI=1S/C13H19N3O4S/c1-3-13(7-4-8-13)15-21(19,20)12-6-5-10(14-2)9-11(12)16(17)18/h5-6,9,14-15H,3-4,7-8H2,1-2H3. The normalized spacial score (nSPS) is 17.0. The molecule has 0 bridgehead atoms. The van der Waals surface area contributed by atoms with E-state index in [1.807, 2.05) is 6.92 Å². The SMILES string of the molecule is CCC1(NS(=O)(=O)c2ccc(NC)cc2[N+](=O)[O-])CCC1. The molecular weight excluding hydrogens is 294 g/mol. The van der Waals surface area contributed by atoms with Crippen molar-refractivity contribution in [2.45, 2.75) is 43.0 Å². The zero-order valence-electron chi connectivity index (χ0n) is 12.0. The van der Waals surface area contributed by atoms with Crippen molar-refractivity contribution in [2.75, 3.05) is 12.4 Å². The summed E-state index contributed by atoms with van der Waals surface area (Å²) in [6.45, 7) is 1.92. The van der Waals surface area contributed by atoms with Gasteiger partial charge >= 0.3 is 0 Å². The number of benzene rings is 1. The summed E-state index contributed by atoms with van der Waals surface area (Å²) in [5.41, 5.74) is -0.372. The van der Waals surface area contributed by atoms with Crippen LogP contribution in [0, 0.1) is 10.1 Å². The molecule has 0 unspecified atom stereocenters. The van der Waals surface area contributed by atoms with Crippen molar-refractivity contribution in [1.29, 1.82) is 0 Å². The monoisotopic (exact) mass is 313 g/mol. The van der Waals surface area contributed by atoms with Gasteiger partial charge in [0.05, 0.1) is 4.92 Å². The van der Waals surface area contributed by atoms with Gasteiger partial charge in [0.2, 0.25) is 10.0 Å². The van der Waals surface area contributed by atoms with E-state index in [4.69, 9.17) is 0 Å². The third-order valence-electron chi connectivity index (χ3n) is 4.07. The number of nitro benzene ring substituents is 1. The third-order valence-corrected chi connectivity index (χ3v) is 5.70.